The van der Waals surface area contributed by atoms with Crippen molar-refractivity contribution in [2.24, 2.45) is 0 Å². The molecule has 0 unspecified atom stereocenters. The lowest BCUT2D eigenvalue weighted by molar-refractivity contribution is 0.0709. The summed E-state index contributed by atoms with van der Waals surface area (Å²) in [5.41, 5.74) is 3.91. The number of hydrogen-bond donors (Lipinski definition) is 1. The third-order valence-corrected chi connectivity index (χ3v) is 2.91. The van der Waals surface area contributed by atoms with E-state index in [2.05, 4.69) is 10.6 Å². The van der Waals surface area contributed by atoms with Gasteiger partial charge in [0, 0.05) is 19.1 Å². The van der Waals surface area contributed by atoms with Crippen molar-refractivity contribution in [3.05, 3.63) is 11.9 Å². The molecule has 0 radical (unpaired) electrons. The van der Waals surface area contributed by atoms with E-state index in [9.17, 15) is 4.79 Å². The third kappa shape index (κ3) is 2.12. The van der Waals surface area contributed by atoms with E-state index < -0.39 is 0 Å². The first kappa shape index (κ1) is 11.9. The van der Waals surface area contributed by atoms with E-state index in [0.717, 1.165) is 19.5 Å². The van der Waals surface area contributed by atoms with E-state index in [1.165, 1.54) is 7.11 Å². The summed E-state index contributed by atoms with van der Waals surface area (Å²) < 4.78 is 1.74. The molecular weight excluding hydrogens is 220 g/mol. The van der Waals surface area contributed by atoms with Gasteiger partial charge in [0.15, 0.2) is 5.69 Å². The summed E-state index contributed by atoms with van der Waals surface area (Å²) in [6, 6.07) is 0.194. The Balaban J connectivity index is 2.37. The maximum atomic E-state index is 12.4. The maximum Gasteiger partial charge on any atom is 0.274 e. The Hall–Kier alpha value is -1.56. The molecule has 1 aromatic heterocycles. The molecule has 2 rings (SSSR count). The number of aromatic nitrogens is 2. The smallest absolute Gasteiger partial charge is 0.274 e. The molecular formula is C11H18N4O2. The highest BCUT2D eigenvalue weighted by atomic mass is 16.6. The van der Waals surface area contributed by atoms with Crippen LogP contribution in [-0.2, 0) is 11.4 Å². The Labute approximate surface area is 100 Å². The van der Waals surface area contributed by atoms with Gasteiger partial charge in [0.1, 0.15) is 5.69 Å². The second kappa shape index (κ2) is 4.75. The lowest BCUT2D eigenvalue weighted by Gasteiger charge is -2.24. The number of fused-ring (bicyclic) bond motifs is 1. The van der Waals surface area contributed by atoms with E-state index in [4.69, 9.17) is 4.84 Å². The van der Waals surface area contributed by atoms with Crippen LogP contribution < -0.4 is 5.48 Å². The van der Waals surface area contributed by atoms with Crippen LogP contribution in [0.5, 0.6) is 0 Å². The highest BCUT2D eigenvalue weighted by Crippen LogP contribution is 2.21. The minimum Gasteiger partial charge on any atom is -0.335 e. The van der Waals surface area contributed by atoms with E-state index in [-0.39, 0.29) is 11.9 Å². The second-order valence-corrected chi connectivity index (χ2v) is 4.38. The monoisotopic (exact) mass is 238 g/mol. The number of aryl methyl sites for hydroxylation is 1. The normalized spacial score (nSPS) is 16.0. The van der Waals surface area contributed by atoms with Crippen LogP contribution in [0.25, 0.3) is 0 Å². The molecule has 1 aliphatic rings. The molecule has 0 aliphatic carbocycles. The summed E-state index contributed by atoms with van der Waals surface area (Å²) in [5, 5.41) is 4.21. The van der Waals surface area contributed by atoms with Gasteiger partial charge in [-0.05, 0) is 20.3 Å². The lowest BCUT2D eigenvalue weighted by Crippen LogP contribution is -2.37. The number of anilines is 1. The van der Waals surface area contributed by atoms with Gasteiger partial charge in [0.2, 0.25) is 0 Å². The van der Waals surface area contributed by atoms with Crippen LogP contribution in [0.3, 0.4) is 0 Å². The average molecular weight is 238 g/mol. The molecule has 0 bridgehead atoms. The van der Waals surface area contributed by atoms with Gasteiger partial charge >= 0.3 is 0 Å². The topological polar surface area (TPSA) is 59.4 Å². The molecule has 0 saturated heterocycles. The summed E-state index contributed by atoms with van der Waals surface area (Å²) in [6.45, 7) is 5.57. The van der Waals surface area contributed by atoms with Crippen LogP contribution in [0, 0.1) is 0 Å². The van der Waals surface area contributed by atoms with Crippen molar-refractivity contribution in [2.45, 2.75) is 32.9 Å². The lowest BCUT2D eigenvalue weighted by atomic mass is 10.2. The first-order valence-corrected chi connectivity index (χ1v) is 5.81. The molecule has 1 N–H and O–H groups in total. The van der Waals surface area contributed by atoms with Crippen molar-refractivity contribution in [3.63, 3.8) is 0 Å². The summed E-state index contributed by atoms with van der Waals surface area (Å²) >= 11 is 0. The van der Waals surface area contributed by atoms with Gasteiger partial charge in [-0.15, -0.1) is 0 Å². The number of carbonyl (C=O) groups is 1. The van der Waals surface area contributed by atoms with Crippen LogP contribution in [0.15, 0.2) is 6.20 Å². The van der Waals surface area contributed by atoms with Gasteiger partial charge in [-0.25, -0.2) is 0 Å². The van der Waals surface area contributed by atoms with Crippen LogP contribution in [0.2, 0.25) is 0 Å². The van der Waals surface area contributed by atoms with Crippen molar-refractivity contribution < 1.29 is 9.63 Å². The average Bonchev–Trinajstić information content (AvgIpc) is 2.59. The van der Waals surface area contributed by atoms with Crippen LogP contribution in [-0.4, -0.2) is 40.3 Å². The predicted molar refractivity (Wildman–Crippen MR) is 63.6 cm³/mol. The van der Waals surface area contributed by atoms with Gasteiger partial charge in [-0.2, -0.15) is 5.10 Å². The molecule has 0 atom stereocenters. The Morgan fingerprint density at radius 2 is 2.24 bits per heavy atom. The van der Waals surface area contributed by atoms with Crippen molar-refractivity contribution in [1.82, 2.24) is 14.7 Å². The second-order valence-electron chi connectivity index (χ2n) is 4.38. The molecule has 0 spiro atoms. The molecule has 2 heterocycles. The fourth-order valence-corrected chi connectivity index (χ4v) is 2.09. The van der Waals surface area contributed by atoms with E-state index in [1.807, 2.05) is 18.7 Å². The predicted octanol–water partition coefficient (Wildman–Crippen LogP) is 1.11. The van der Waals surface area contributed by atoms with E-state index in [0.29, 0.717) is 11.4 Å². The summed E-state index contributed by atoms with van der Waals surface area (Å²) in [4.78, 5) is 19.1. The maximum absolute atomic E-state index is 12.4. The van der Waals surface area contributed by atoms with Crippen molar-refractivity contribution >= 4 is 11.6 Å². The molecule has 94 valence electrons. The van der Waals surface area contributed by atoms with Crippen LogP contribution in [0.4, 0.5) is 5.69 Å². The van der Waals surface area contributed by atoms with Crippen LogP contribution in [0.1, 0.15) is 30.8 Å². The zero-order valence-corrected chi connectivity index (χ0v) is 10.4. The first-order valence-electron chi connectivity index (χ1n) is 5.81. The number of nitrogens with zero attached hydrogens (tertiary/aromatic N) is 3. The number of hydrogen-bond acceptors (Lipinski definition) is 4. The molecule has 17 heavy (non-hydrogen) atoms. The quantitative estimate of drug-likeness (QED) is 0.801. The van der Waals surface area contributed by atoms with Crippen molar-refractivity contribution in [1.29, 1.82) is 0 Å². The summed E-state index contributed by atoms with van der Waals surface area (Å²) in [6.07, 6.45) is 2.55. The molecule has 0 fully saturated rings. The summed E-state index contributed by atoms with van der Waals surface area (Å²) in [7, 11) is 1.52. The number of rotatable bonds is 3. The van der Waals surface area contributed by atoms with Gasteiger partial charge < -0.3 is 4.90 Å². The largest absolute Gasteiger partial charge is 0.335 e. The van der Waals surface area contributed by atoms with Crippen molar-refractivity contribution in [2.75, 3.05) is 19.1 Å². The number of nitrogens with one attached hydrogen (secondary N) is 1. The SMILES string of the molecule is CONc1cnn2c1C(=O)N(C(C)C)CCC2. The molecule has 0 saturated carbocycles. The Morgan fingerprint density at radius 1 is 1.47 bits per heavy atom. The van der Waals surface area contributed by atoms with Gasteiger partial charge in [-0.3, -0.25) is 19.8 Å². The Bertz CT molecular complexity index is 414. The fourth-order valence-electron chi connectivity index (χ4n) is 2.09. The molecule has 1 aromatic rings. The first-order chi connectivity index (χ1) is 8.15. The minimum atomic E-state index is 0.00884. The van der Waals surface area contributed by atoms with Gasteiger partial charge in [0.25, 0.3) is 5.91 Å². The Morgan fingerprint density at radius 3 is 2.88 bits per heavy atom. The third-order valence-electron chi connectivity index (χ3n) is 2.91. The molecule has 0 aromatic carbocycles. The highest BCUT2D eigenvalue weighted by Gasteiger charge is 2.28. The molecule has 1 amide bonds. The number of amides is 1. The zero-order chi connectivity index (χ0) is 12.4. The highest BCUT2D eigenvalue weighted by molar-refractivity contribution is 5.98. The fraction of sp³-hybridized carbons (Fsp3) is 0.636. The van der Waals surface area contributed by atoms with Gasteiger partial charge in [-0.1, -0.05) is 0 Å². The summed E-state index contributed by atoms with van der Waals surface area (Å²) in [5.74, 6) is 0.00884. The number of carbonyl (C=O) groups excluding carboxylic acids is 1. The zero-order valence-electron chi connectivity index (χ0n) is 10.4. The van der Waals surface area contributed by atoms with Crippen LogP contribution >= 0.6 is 0 Å². The van der Waals surface area contributed by atoms with E-state index >= 15 is 0 Å². The molecule has 6 heteroatoms. The molecule has 1 aliphatic heterocycles. The van der Waals surface area contributed by atoms with Crippen molar-refractivity contribution in [3.8, 4) is 0 Å². The standard InChI is InChI=1S/C11H18N4O2/c1-8(2)14-5-4-6-15-10(11(14)16)9(7-12-15)13-17-3/h7-8,13H,4-6H2,1-3H3. The Kier molecular flexibility index (Phi) is 3.33. The minimum absolute atomic E-state index is 0.00884. The van der Waals surface area contributed by atoms with E-state index in [1.54, 1.807) is 10.9 Å². The molecule has 6 nitrogen and oxygen atoms in total. The van der Waals surface area contributed by atoms with Gasteiger partial charge in [0.05, 0.1) is 13.3 Å².